The van der Waals surface area contributed by atoms with E-state index in [1.54, 1.807) is 18.2 Å². The summed E-state index contributed by atoms with van der Waals surface area (Å²) in [6.45, 7) is 6.43. The van der Waals surface area contributed by atoms with E-state index in [1.165, 1.54) is 6.07 Å². The van der Waals surface area contributed by atoms with Gasteiger partial charge in [0.15, 0.2) is 0 Å². The van der Waals surface area contributed by atoms with Gasteiger partial charge in [-0.2, -0.15) is 0 Å². The van der Waals surface area contributed by atoms with Crippen molar-refractivity contribution in [2.45, 2.75) is 25.4 Å². The average molecular weight is 329 g/mol. The van der Waals surface area contributed by atoms with Crippen LogP contribution >= 0.6 is 0 Å². The summed E-state index contributed by atoms with van der Waals surface area (Å²) in [6.07, 6.45) is -3.58. The van der Waals surface area contributed by atoms with E-state index < -0.39 is 6.36 Å². The molecule has 3 rings (SSSR count). The molecule has 2 heterocycles. The topological polar surface area (TPSA) is 27.7 Å². The van der Waals surface area contributed by atoms with E-state index in [2.05, 4.69) is 19.9 Å². The molecule has 1 unspecified atom stereocenters. The van der Waals surface area contributed by atoms with Crippen LogP contribution in [-0.2, 0) is 6.54 Å². The van der Waals surface area contributed by atoms with Gasteiger partial charge in [-0.1, -0.05) is 18.2 Å². The van der Waals surface area contributed by atoms with Gasteiger partial charge in [-0.05, 0) is 12.5 Å². The lowest BCUT2D eigenvalue weighted by Gasteiger charge is -2.32. The Bertz CT molecular complexity index is 518. The fourth-order valence-electron chi connectivity index (χ4n) is 3.40. The van der Waals surface area contributed by atoms with Gasteiger partial charge in [-0.3, -0.25) is 9.80 Å². The van der Waals surface area contributed by atoms with Gasteiger partial charge in [-0.15, -0.1) is 13.2 Å². The molecule has 0 amide bonds. The van der Waals surface area contributed by atoms with E-state index in [9.17, 15) is 13.2 Å². The predicted octanol–water partition coefficient (Wildman–Crippen LogP) is 2.06. The van der Waals surface area contributed by atoms with Crippen molar-refractivity contribution in [1.29, 1.82) is 0 Å². The van der Waals surface area contributed by atoms with Crippen LogP contribution in [0.2, 0.25) is 0 Å². The minimum Gasteiger partial charge on any atom is -0.405 e. The number of para-hydroxylation sites is 1. The maximum Gasteiger partial charge on any atom is 0.573 e. The van der Waals surface area contributed by atoms with Gasteiger partial charge in [-0.25, -0.2) is 0 Å². The van der Waals surface area contributed by atoms with Crippen LogP contribution in [0.3, 0.4) is 0 Å². The fourth-order valence-corrected chi connectivity index (χ4v) is 3.40. The van der Waals surface area contributed by atoms with Gasteiger partial charge < -0.3 is 10.1 Å². The lowest BCUT2D eigenvalue weighted by Crippen LogP contribution is -2.49. The van der Waals surface area contributed by atoms with Gasteiger partial charge in [0.25, 0.3) is 0 Å². The largest absolute Gasteiger partial charge is 0.573 e. The number of likely N-dealkylation sites (tertiary alicyclic amines) is 1. The molecular weight excluding hydrogens is 307 g/mol. The molecule has 23 heavy (non-hydrogen) atoms. The highest BCUT2D eigenvalue weighted by molar-refractivity contribution is 5.33. The normalized spacial score (nSPS) is 24.0. The zero-order valence-corrected chi connectivity index (χ0v) is 13.0. The second kappa shape index (κ2) is 7.07. The molecule has 4 nitrogen and oxygen atoms in total. The first-order valence-electron chi connectivity index (χ1n) is 8.02. The molecule has 0 saturated carbocycles. The van der Waals surface area contributed by atoms with Crippen LogP contribution in [0.15, 0.2) is 24.3 Å². The first-order valence-corrected chi connectivity index (χ1v) is 8.02. The van der Waals surface area contributed by atoms with Crippen LogP contribution in [0, 0.1) is 0 Å². The molecule has 0 aliphatic carbocycles. The third kappa shape index (κ3) is 4.59. The molecule has 2 saturated heterocycles. The Kier molecular flexibility index (Phi) is 5.08. The fraction of sp³-hybridized carbons (Fsp3) is 0.625. The molecule has 0 bridgehead atoms. The summed E-state index contributed by atoms with van der Waals surface area (Å²) in [5, 5.41) is 3.34. The minimum atomic E-state index is -4.65. The molecule has 0 aromatic heterocycles. The molecule has 1 aromatic carbocycles. The number of hydrogen-bond donors (Lipinski definition) is 1. The lowest BCUT2D eigenvalue weighted by atomic mass is 10.2. The number of ether oxygens (including phenoxy) is 1. The van der Waals surface area contributed by atoms with Crippen LogP contribution in [0.5, 0.6) is 5.75 Å². The summed E-state index contributed by atoms with van der Waals surface area (Å²) in [5.74, 6) is -0.0920. The average Bonchev–Trinajstić information content (AvgIpc) is 2.97. The summed E-state index contributed by atoms with van der Waals surface area (Å²) < 4.78 is 41.6. The Morgan fingerprint density at radius 3 is 2.61 bits per heavy atom. The maximum atomic E-state index is 12.5. The first kappa shape index (κ1) is 16.5. The van der Waals surface area contributed by atoms with E-state index in [0.29, 0.717) is 18.2 Å². The van der Waals surface area contributed by atoms with E-state index in [-0.39, 0.29) is 5.75 Å². The van der Waals surface area contributed by atoms with Crippen molar-refractivity contribution < 1.29 is 17.9 Å². The van der Waals surface area contributed by atoms with Gasteiger partial charge >= 0.3 is 6.36 Å². The van der Waals surface area contributed by atoms with E-state index in [4.69, 9.17) is 0 Å². The molecular formula is C16H22F3N3O. The van der Waals surface area contributed by atoms with Crippen LogP contribution in [-0.4, -0.2) is 61.5 Å². The third-order valence-corrected chi connectivity index (χ3v) is 4.51. The Labute approximate surface area is 134 Å². The van der Waals surface area contributed by atoms with Crippen molar-refractivity contribution >= 4 is 0 Å². The molecule has 128 valence electrons. The molecule has 2 fully saturated rings. The van der Waals surface area contributed by atoms with Crippen molar-refractivity contribution in [2.75, 3.05) is 39.3 Å². The number of benzene rings is 1. The molecule has 0 spiro atoms. The first-order chi connectivity index (χ1) is 11.0. The van der Waals surface area contributed by atoms with Crippen molar-refractivity contribution in [3.05, 3.63) is 29.8 Å². The monoisotopic (exact) mass is 329 g/mol. The van der Waals surface area contributed by atoms with Gasteiger partial charge in [0.05, 0.1) is 0 Å². The molecule has 1 aromatic rings. The lowest BCUT2D eigenvalue weighted by molar-refractivity contribution is -0.275. The number of piperazine rings is 1. The molecule has 0 radical (unpaired) electrons. The zero-order chi connectivity index (χ0) is 16.3. The van der Waals surface area contributed by atoms with Crippen molar-refractivity contribution in [2.24, 2.45) is 0 Å². The summed E-state index contributed by atoms with van der Waals surface area (Å²) in [6, 6.07) is 6.92. The number of hydrogen-bond acceptors (Lipinski definition) is 4. The second-order valence-corrected chi connectivity index (χ2v) is 6.12. The van der Waals surface area contributed by atoms with Crippen LogP contribution < -0.4 is 10.1 Å². The smallest absolute Gasteiger partial charge is 0.405 e. The number of alkyl halides is 3. The van der Waals surface area contributed by atoms with Crippen LogP contribution in [0.4, 0.5) is 13.2 Å². The summed E-state index contributed by atoms with van der Waals surface area (Å²) in [5.41, 5.74) is 0.589. The van der Waals surface area contributed by atoms with Crippen LogP contribution in [0.1, 0.15) is 12.0 Å². The van der Waals surface area contributed by atoms with Crippen molar-refractivity contribution in [1.82, 2.24) is 15.1 Å². The molecule has 7 heteroatoms. The predicted molar refractivity (Wildman–Crippen MR) is 81.2 cm³/mol. The number of rotatable bonds is 4. The molecule has 2 aliphatic heterocycles. The van der Waals surface area contributed by atoms with E-state index in [1.807, 2.05) is 0 Å². The van der Waals surface area contributed by atoms with E-state index in [0.717, 1.165) is 45.7 Å². The van der Waals surface area contributed by atoms with Gasteiger partial charge in [0.2, 0.25) is 0 Å². The Morgan fingerprint density at radius 1 is 1.13 bits per heavy atom. The SMILES string of the molecule is FC(F)(F)Oc1ccccc1CN1CCC(N2CCNCC2)C1. The summed E-state index contributed by atoms with van der Waals surface area (Å²) >= 11 is 0. The Balaban J connectivity index is 1.60. The highest BCUT2D eigenvalue weighted by Crippen LogP contribution is 2.28. The van der Waals surface area contributed by atoms with Crippen molar-refractivity contribution in [3.63, 3.8) is 0 Å². The molecule has 1 atom stereocenters. The number of nitrogens with one attached hydrogen (secondary N) is 1. The van der Waals surface area contributed by atoms with Crippen molar-refractivity contribution in [3.8, 4) is 5.75 Å². The van der Waals surface area contributed by atoms with Crippen LogP contribution in [0.25, 0.3) is 0 Å². The highest BCUT2D eigenvalue weighted by Gasteiger charge is 2.33. The van der Waals surface area contributed by atoms with Gasteiger partial charge in [0.1, 0.15) is 5.75 Å². The number of nitrogens with zero attached hydrogens (tertiary/aromatic N) is 2. The number of halogens is 3. The molecule has 1 N–H and O–H groups in total. The quantitative estimate of drug-likeness (QED) is 0.915. The third-order valence-electron chi connectivity index (χ3n) is 4.51. The summed E-state index contributed by atoms with van der Waals surface area (Å²) in [7, 11) is 0. The Hall–Kier alpha value is -1.31. The van der Waals surface area contributed by atoms with E-state index >= 15 is 0 Å². The molecule has 2 aliphatic rings. The van der Waals surface area contributed by atoms with Gasteiger partial charge in [0, 0.05) is 57.4 Å². The standard InChI is InChI=1S/C16H22F3N3O/c17-16(18,19)23-15-4-2-1-3-13(15)11-21-8-5-14(12-21)22-9-6-20-7-10-22/h1-4,14,20H,5-12H2. The Morgan fingerprint density at radius 2 is 1.87 bits per heavy atom. The zero-order valence-electron chi connectivity index (χ0n) is 13.0. The maximum absolute atomic E-state index is 12.5. The minimum absolute atomic E-state index is 0.0920. The summed E-state index contributed by atoms with van der Waals surface area (Å²) in [4.78, 5) is 4.69. The second-order valence-electron chi connectivity index (χ2n) is 6.12. The highest BCUT2D eigenvalue weighted by atomic mass is 19.4.